The predicted octanol–water partition coefficient (Wildman–Crippen LogP) is 9.31. The summed E-state index contributed by atoms with van der Waals surface area (Å²) in [7, 11) is 0. The zero-order valence-corrected chi connectivity index (χ0v) is 20.2. The van der Waals surface area contributed by atoms with Gasteiger partial charge in [-0.1, -0.05) is 70.5 Å². The third-order valence-corrected chi connectivity index (χ3v) is 7.65. The molecule has 0 unspecified atom stereocenters. The van der Waals surface area contributed by atoms with Crippen LogP contribution < -0.4 is 0 Å². The number of aromatic nitrogens is 1. The Bertz CT molecular complexity index is 1590. The van der Waals surface area contributed by atoms with E-state index in [1.54, 1.807) is 0 Å². The van der Waals surface area contributed by atoms with Crippen LogP contribution in [0.2, 0.25) is 0 Å². The third kappa shape index (κ3) is 2.80. The van der Waals surface area contributed by atoms with Gasteiger partial charge in [0.15, 0.2) is 0 Å². The van der Waals surface area contributed by atoms with Crippen LogP contribution in [0.5, 0.6) is 0 Å². The Labute approximate surface area is 197 Å². The van der Waals surface area contributed by atoms with E-state index in [2.05, 4.69) is 128 Å². The largest absolute Gasteiger partial charge is 0.341 e. The molecule has 1 heterocycles. The molecule has 5 aromatic carbocycles. The van der Waals surface area contributed by atoms with Crippen molar-refractivity contribution in [1.29, 1.82) is 0 Å². The van der Waals surface area contributed by atoms with Crippen molar-refractivity contribution in [2.75, 3.05) is 0 Å². The van der Waals surface area contributed by atoms with Gasteiger partial charge in [0.1, 0.15) is 0 Å². The first-order valence-corrected chi connectivity index (χ1v) is 12.1. The lowest BCUT2D eigenvalue weighted by molar-refractivity contribution is 0.827. The number of nitrogens with zero attached hydrogens (tertiary/aromatic N) is 1. The Hall–Kier alpha value is -2.62. The number of fused-ring (bicyclic) bond motifs is 5. The second kappa shape index (κ2) is 7.22. The van der Waals surface area contributed by atoms with Crippen molar-refractivity contribution in [3.63, 3.8) is 0 Å². The standard InChI is InChI=1S/C28H19Br2N/c1-2-31-25-13-11-17(15-23(25)24-16-18(29)12-14-26(24)31)27-19-7-3-5-9-21(19)28(30)22-10-6-4-8-20(22)27/h3-16H,2H2,1H3. The number of benzene rings is 5. The SMILES string of the molecule is CCn1c2ccc(Br)cc2c2cc(-c3c4ccccc4c(Br)c4ccccc34)ccc21. The minimum atomic E-state index is 0.950. The smallest absolute Gasteiger partial charge is 0.0492 e. The van der Waals surface area contributed by atoms with Gasteiger partial charge in [0.2, 0.25) is 0 Å². The van der Waals surface area contributed by atoms with Gasteiger partial charge >= 0.3 is 0 Å². The molecule has 0 radical (unpaired) electrons. The molecule has 0 spiro atoms. The van der Waals surface area contributed by atoms with E-state index in [4.69, 9.17) is 0 Å². The molecule has 0 bridgehead atoms. The first-order valence-electron chi connectivity index (χ1n) is 10.5. The lowest BCUT2D eigenvalue weighted by atomic mass is 9.91. The van der Waals surface area contributed by atoms with Crippen molar-refractivity contribution in [2.24, 2.45) is 0 Å². The summed E-state index contributed by atoms with van der Waals surface area (Å²) in [6, 6.07) is 30.9. The molecule has 0 N–H and O–H groups in total. The van der Waals surface area contributed by atoms with Crippen LogP contribution in [0, 0.1) is 0 Å². The lowest BCUT2D eigenvalue weighted by Gasteiger charge is -2.14. The summed E-state index contributed by atoms with van der Waals surface area (Å²) in [5.74, 6) is 0. The normalized spacial score (nSPS) is 11.8. The van der Waals surface area contributed by atoms with Gasteiger partial charge in [-0.25, -0.2) is 0 Å². The van der Waals surface area contributed by atoms with Crippen molar-refractivity contribution in [3.05, 3.63) is 93.9 Å². The Balaban J connectivity index is 1.78. The number of hydrogen-bond acceptors (Lipinski definition) is 0. The molecule has 0 saturated carbocycles. The molecule has 6 rings (SSSR count). The summed E-state index contributed by atoms with van der Waals surface area (Å²) >= 11 is 7.54. The van der Waals surface area contributed by atoms with E-state index in [0.717, 1.165) is 15.5 Å². The van der Waals surface area contributed by atoms with Crippen molar-refractivity contribution in [3.8, 4) is 11.1 Å². The predicted molar refractivity (Wildman–Crippen MR) is 141 cm³/mol. The van der Waals surface area contributed by atoms with Gasteiger partial charge in [0, 0.05) is 37.3 Å². The zero-order chi connectivity index (χ0) is 21.1. The first-order chi connectivity index (χ1) is 15.2. The van der Waals surface area contributed by atoms with Gasteiger partial charge in [-0.05, 0) is 85.9 Å². The minimum absolute atomic E-state index is 0.950. The second-order valence-corrected chi connectivity index (χ2v) is 9.63. The molecular weight excluding hydrogens is 510 g/mol. The topological polar surface area (TPSA) is 4.93 Å². The van der Waals surface area contributed by atoms with E-state index in [1.165, 1.54) is 54.5 Å². The number of aryl methyl sites for hydroxylation is 1. The minimum Gasteiger partial charge on any atom is -0.341 e. The molecule has 1 nitrogen and oxygen atoms in total. The maximum atomic E-state index is 3.87. The van der Waals surface area contributed by atoms with Gasteiger partial charge in [0.05, 0.1) is 0 Å². The summed E-state index contributed by atoms with van der Waals surface area (Å²) in [5, 5.41) is 7.62. The highest BCUT2D eigenvalue weighted by atomic mass is 79.9. The van der Waals surface area contributed by atoms with Crippen LogP contribution in [-0.2, 0) is 6.54 Å². The molecular formula is C28H19Br2N. The van der Waals surface area contributed by atoms with E-state index >= 15 is 0 Å². The van der Waals surface area contributed by atoms with Crippen molar-refractivity contribution < 1.29 is 0 Å². The molecule has 0 atom stereocenters. The average Bonchev–Trinajstić information content (AvgIpc) is 3.11. The van der Waals surface area contributed by atoms with E-state index in [9.17, 15) is 0 Å². The Morgan fingerprint density at radius 3 is 1.77 bits per heavy atom. The van der Waals surface area contributed by atoms with Crippen LogP contribution in [0.1, 0.15) is 6.92 Å². The van der Waals surface area contributed by atoms with Crippen LogP contribution in [0.25, 0.3) is 54.5 Å². The number of rotatable bonds is 2. The third-order valence-electron chi connectivity index (χ3n) is 6.30. The van der Waals surface area contributed by atoms with Gasteiger partial charge in [-0.2, -0.15) is 0 Å². The molecule has 3 heteroatoms. The fraction of sp³-hybridized carbons (Fsp3) is 0.0714. The van der Waals surface area contributed by atoms with Crippen LogP contribution in [0.3, 0.4) is 0 Å². The fourth-order valence-corrected chi connectivity index (χ4v) is 6.01. The maximum absolute atomic E-state index is 3.87. The van der Waals surface area contributed by atoms with E-state index in [0.29, 0.717) is 0 Å². The molecule has 0 fully saturated rings. The fourth-order valence-electron chi connectivity index (χ4n) is 4.96. The maximum Gasteiger partial charge on any atom is 0.0492 e. The highest BCUT2D eigenvalue weighted by molar-refractivity contribution is 9.11. The van der Waals surface area contributed by atoms with Crippen LogP contribution in [-0.4, -0.2) is 4.57 Å². The monoisotopic (exact) mass is 527 g/mol. The summed E-state index contributed by atoms with van der Waals surface area (Å²) in [4.78, 5) is 0. The molecule has 0 aliphatic heterocycles. The lowest BCUT2D eigenvalue weighted by Crippen LogP contribution is -1.93. The number of hydrogen-bond donors (Lipinski definition) is 0. The van der Waals surface area contributed by atoms with Crippen molar-refractivity contribution in [2.45, 2.75) is 13.5 Å². The van der Waals surface area contributed by atoms with Crippen LogP contribution in [0.15, 0.2) is 93.9 Å². The Kier molecular flexibility index (Phi) is 4.45. The van der Waals surface area contributed by atoms with E-state index in [-0.39, 0.29) is 0 Å². The van der Waals surface area contributed by atoms with Gasteiger partial charge in [-0.3, -0.25) is 0 Å². The Morgan fingerprint density at radius 2 is 1.16 bits per heavy atom. The Morgan fingerprint density at radius 1 is 0.613 bits per heavy atom. The van der Waals surface area contributed by atoms with E-state index in [1.807, 2.05) is 0 Å². The molecule has 150 valence electrons. The van der Waals surface area contributed by atoms with Crippen LogP contribution >= 0.6 is 31.9 Å². The summed E-state index contributed by atoms with van der Waals surface area (Å²) < 4.78 is 4.67. The molecule has 6 aromatic rings. The molecule has 0 saturated heterocycles. The molecule has 0 aliphatic carbocycles. The van der Waals surface area contributed by atoms with Crippen molar-refractivity contribution in [1.82, 2.24) is 4.57 Å². The van der Waals surface area contributed by atoms with Gasteiger partial charge in [0.25, 0.3) is 0 Å². The average molecular weight is 529 g/mol. The zero-order valence-electron chi connectivity index (χ0n) is 17.0. The molecule has 1 aromatic heterocycles. The van der Waals surface area contributed by atoms with Crippen LogP contribution in [0.4, 0.5) is 0 Å². The van der Waals surface area contributed by atoms with Crippen molar-refractivity contribution >= 4 is 75.2 Å². The highest BCUT2D eigenvalue weighted by Crippen LogP contribution is 2.43. The summed E-state index contributed by atoms with van der Waals surface area (Å²) in [6.07, 6.45) is 0. The highest BCUT2D eigenvalue weighted by Gasteiger charge is 2.16. The second-order valence-electron chi connectivity index (χ2n) is 7.92. The van der Waals surface area contributed by atoms with Gasteiger partial charge in [-0.15, -0.1) is 0 Å². The summed E-state index contributed by atoms with van der Waals surface area (Å²) in [5.41, 5.74) is 5.11. The van der Waals surface area contributed by atoms with E-state index < -0.39 is 0 Å². The quantitative estimate of drug-likeness (QED) is 0.197. The number of halogens is 2. The molecule has 0 amide bonds. The molecule has 31 heavy (non-hydrogen) atoms. The molecule has 0 aliphatic rings. The first kappa shape index (κ1) is 19.1. The summed E-state index contributed by atoms with van der Waals surface area (Å²) in [6.45, 7) is 3.16. The van der Waals surface area contributed by atoms with Gasteiger partial charge < -0.3 is 4.57 Å².